The molecule has 0 aromatic heterocycles. The summed E-state index contributed by atoms with van der Waals surface area (Å²) in [5.41, 5.74) is 2.87. The van der Waals surface area contributed by atoms with Gasteiger partial charge in [-0.05, 0) is 42.7 Å². The number of benzene rings is 1. The van der Waals surface area contributed by atoms with Gasteiger partial charge in [0.25, 0.3) is 0 Å². The van der Waals surface area contributed by atoms with Gasteiger partial charge in [-0.3, -0.25) is 4.79 Å². The first-order valence-electron chi connectivity index (χ1n) is 7.52. The third-order valence-corrected chi connectivity index (χ3v) is 3.92. The van der Waals surface area contributed by atoms with Gasteiger partial charge in [-0.2, -0.15) is 0 Å². The highest BCUT2D eigenvalue weighted by atomic mass is 16.5. The highest BCUT2D eigenvalue weighted by molar-refractivity contribution is 5.69. The Morgan fingerprint density at radius 1 is 1.26 bits per heavy atom. The van der Waals surface area contributed by atoms with Crippen molar-refractivity contribution in [2.24, 2.45) is 5.92 Å². The quantitative estimate of drug-likeness (QED) is 0.572. The largest absolute Gasteiger partial charge is 0.466 e. The SMILES string of the molecule is CCCCCOC(=O)CC1CCc2ccccc2C1. The Hall–Kier alpha value is -1.31. The van der Waals surface area contributed by atoms with Crippen LogP contribution in [0.2, 0.25) is 0 Å². The molecule has 1 aliphatic rings. The molecule has 0 N–H and O–H groups in total. The molecule has 19 heavy (non-hydrogen) atoms. The Kier molecular flexibility index (Phi) is 5.44. The molecule has 2 nitrogen and oxygen atoms in total. The van der Waals surface area contributed by atoms with E-state index in [-0.39, 0.29) is 5.97 Å². The van der Waals surface area contributed by atoms with Crippen molar-refractivity contribution in [1.82, 2.24) is 0 Å². The van der Waals surface area contributed by atoms with Crippen LogP contribution in [0.4, 0.5) is 0 Å². The lowest BCUT2D eigenvalue weighted by Crippen LogP contribution is -2.19. The molecular weight excluding hydrogens is 236 g/mol. The molecule has 1 aromatic rings. The van der Waals surface area contributed by atoms with Gasteiger partial charge in [0, 0.05) is 6.42 Å². The molecule has 0 radical (unpaired) electrons. The van der Waals surface area contributed by atoms with Crippen molar-refractivity contribution >= 4 is 5.97 Å². The maximum atomic E-state index is 11.8. The van der Waals surface area contributed by atoms with Gasteiger partial charge in [-0.25, -0.2) is 0 Å². The van der Waals surface area contributed by atoms with E-state index in [9.17, 15) is 4.79 Å². The molecule has 104 valence electrons. The summed E-state index contributed by atoms with van der Waals surface area (Å²) in [6.07, 6.45) is 7.13. The van der Waals surface area contributed by atoms with Gasteiger partial charge in [0.05, 0.1) is 6.61 Å². The molecule has 0 fully saturated rings. The average Bonchev–Trinajstić information content (AvgIpc) is 2.43. The van der Waals surface area contributed by atoms with Gasteiger partial charge < -0.3 is 4.74 Å². The van der Waals surface area contributed by atoms with Crippen molar-refractivity contribution in [1.29, 1.82) is 0 Å². The number of unbranched alkanes of at least 4 members (excludes halogenated alkanes) is 2. The number of hydrogen-bond acceptors (Lipinski definition) is 2. The Balaban J connectivity index is 1.74. The van der Waals surface area contributed by atoms with Crippen LogP contribution in [0.15, 0.2) is 24.3 Å². The van der Waals surface area contributed by atoms with Gasteiger partial charge >= 0.3 is 5.97 Å². The van der Waals surface area contributed by atoms with E-state index in [1.807, 2.05) is 0 Å². The van der Waals surface area contributed by atoms with Crippen LogP contribution >= 0.6 is 0 Å². The van der Waals surface area contributed by atoms with Gasteiger partial charge in [-0.15, -0.1) is 0 Å². The summed E-state index contributed by atoms with van der Waals surface area (Å²) in [4.78, 5) is 11.8. The molecule has 2 rings (SSSR count). The molecule has 0 saturated carbocycles. The molecule has 1 unspecified atom stereocenters. The molecule has 0 spiro atoms. The fourth-order valence-corrected chi connectivity index (χ4v) is 2.78. The Morgan fingerprint density at radius 3 is 2.84 bits per heavy atom. The predicted octanol–water partition coefficient (Wildman–Crippen LogP) is 3.92. The molecule has 0 aliphatic heterocycles. The normalized spacial score (nSPS) is 17.8. The lowest BCUT2D eigenvalue weighted by Gasteiger charge is -2.23. The van der Waals surface area contributed by atoms with Gasteiger partial charge in [-0.1, -0.05) is 44.0 Å². The minimum atomic E-state index is -0.0134. The zero-order valence-electron chi connectivity index (χ0n) is 11.9. The standard InChI is InChI=1S/C17H24O2/c1-2-3-6-11-19-17(18)13-14-9-10-15-7-4-5-8-16(15)12-14/h4-5,7-8,14H,2-3,6,9-13H2,1H3. The highest BCUT2D eigenvalue weighted by Gasteiger charge is 2.21. The molecule has 0 saturated heterocycles. The lowest BCUT2D eigenvalue weighted by atomic mass is 9.82. The molecule has 1 aromatic carbocycles. The molecule has 1 aliphatic carbocycles. The van der Waals surface area contributed by atoms with E-state index in [4.69, 9.17) is 4.74 Å². The van der Waals surface area contributed by atoms with E-state index in [1.165, 1.54) is 11.1 Å². The smallest absolute Gasteiger partial charge is 0.306 e. The van der Waals surface area contributed by atoms with E-state index in [2.05, 4.69) is 31.2 Å². The zero-order valence-corrected chi connectivity index (χ0v) is 11.9. The number of esters is 1. The first-order chi connectivity index (χ1) is 9.29. The van der Waals surface area contributed by atoms with Crippen LogP contribution in [0, 0.1) is 5.92 Å². The van der Waals surface area contributed by atoms with Crippen molar-refractivity contribution in [2.75, 3.05) is 6.61 Å². The van der Waals surface area contributed by atoms with Crippen LogP contribution in [-0.2, 0) is 22.4 Å². The molecule has 0 amide bonds. The fraction of sp³-hybridized carbons (Fsp3) is 0.588. The second kappa shape index (κ2) is 7.32. The van der Waals surface area contributed by atoms with E-state index in [0.717, 1.165) is 38.5 Å². The molecule has 1 atom stereocenters. The summed E-state index contributed by atoms with van der Waals surface area (Å²) in [6, 6.07) is 8.58. The summed E-state index contributed by atoms with van der Waals surface area (Å²) in [5, 5.41) is 0. The number of carbonyl (C=O) groups excluding carboxylic acids is 1. The second-order valence-electron chi connectivity index (χ2n) is 5.51. The third kappa shape index (κ3) is 4.38. The summed E-state index contributed by atoms with van der Waals surface area (Å²) < 4.78 is 5.30. The number of carbonyl (C=O) groups is 1. The maximum Gasteiger partial charge on any atom is 0.306 e. The summed E-state index contributed by atoms with van der Waals surface area (Å²) >= 11 is 0. The number of aryl methyl sites for hydroxylation is 1. The first-order valence-corrected chi connectivity index (χ1v) is 7.52. The van der Waals surface area contributed by atoms with Crippen LogP contribution in [0.1, 0.15) is 50.2 Å². The van der Waals surface area contributed by atoms with Crippen molar-refractivity contribution in [2.45, 2.75) is 51.9 Å². The number of hydrogen-bond donors (Lipinski definition) is 0. The van der Waals surface area contributed by atoms with Gasteiger partial charge in [0.2, 0.25) is 0 Å². The number of rotatable bonds is 6. The molecule has 0 heterocycles. The van der Waals surface area contributed by atoms with E-state index in [0.29, 0.717) is 18.9 Å². The van der Waals surface area contributed by atoms with Crippen LogP contribution in [0.25, 0.3) is 0 Å². The molecule has 0 bridgehead atoms. The number of ether oxygens (including phenoxy) is 1. The summed E-state index contributed by atoms with van der Waals surface area (Å²) in [6.45, 7) is 2.75. The van der Waals surface area contributed by atoms with Crippen molar-refractivity contribution in [3.05, 3.63) is 35.4 Å². The Labute approximate surface area is 116 Å². The maximum absolute atomic E-state index is 11.8. The highest BCUT2D eigenvalue weighted by Crippen LogP contribution is 2.27. The topological polar surface area (TPSA) is 26.3 Å². The summed E-state index contributed by atoms with van der Waals surface area (Å²) in [7, 11) is 0. The minimum absolute atomic E-state index is 0.0134. The van der Waals surface area contributed by atoms with Crippen molar-refractivity contribution < 1.29 is 9.53 Å². The van der Waals surface area contributed by atoms with Gasteiger partial charge in [0.15, 0.2) is 0 Å². The van der Waals surface area contributed by atoms with Gasteiger partial charge in [0.1, 0.15) is 0 Å². The predicted molar refractivity (Wildman–Crippen MR) is 77.1 cm³/mol. The van der Waals surface area contributed by atoms with Crippen LogP contribution in [0.3, 0.4) is 0 Å². The Morgan fingerprint density at radius 2 is 2.05 bits per heavy atom. The van der Waals surface area contributed by atoms with Crippen LogP contribution in [0.5, 0.6) is 0 Å². The van der Waals surface area contributed by atoms with Crippen molar-refractivity contribution in [3.8, 4) is 0 Å². The molecule has 2 heteroatoms. The van der Waals surface area contributed by atoms with E-state index < -0.39 is 0 Å². The van der Waals surface area contributed by atoms with E-state index in [1.54, 1.807) is 0 Å². The average molecular weight is 260 g/mol. The van der Waals surface area contributed by atoms with Crippen LogP contribution in [-0.4, -0.2) is 12.6 Å². The third-order valence-electron chi connectivity index (χ3n) is 3.92. The fourth-order valence-electron chi connectivity index (χ4n) is 2.78. The Bertz CT molecular complexity index is 411. The number of fused-ring (bicyclic) bond motifs is 1. The van der Waals surface area contributed by atoms with Crippen molar-refractivity contribution in [3.63, 3.8) is 0 Å². The second-order valence-corrected chi connectivity index (χ2v) is 5.51. The summed E-state index contributed by atoms with van der Waals surface area (Å²) in [5.74, 6) is 0.453. The minimum Gasteiger partial charge on any atom is -0.466 e. The zero-order chi connectivity index (χ0) is 13.5. The van der Waals surface area contributed by atoms with E-state index >= 15 is 0 Å². The lowest BCUT2D eigenvalue weighted by molar-refractivity contribution is -0.145. The van der Waals surface area contributed by atoms with Crippen LogP contribution < -0.4 is 0 Å². The molecular formula is C17H24O2. The monoisotopic (exact) mass is 260 g/mol. The first kappa shape index (κ1) is 14.1.